The highest BCUT2D eigenvalue weighted by Crippen LogP contribution is 2.27. The zero-order valence-electron chi connectivity index (χ0n) is 16.4. The van der Waals surface area contributed by atoms with Crippen LogP contribution in [0.3, 0.4) is 0 Å². The van der Waals surface area contributed by atoms with Gasteiger partial charge in [0.2, 0.25) is 0 Å². The van der Waals surface area contributed by atoms with Gasteiger partial charge in [-0.2, -0.15) is 0 Å². The van der Waals surface area contributed by atoms with Gasteiger partial charge in [0.15, 0.2) is 0 Å². The van der Waals surface area contributed by atoms with Crippen LogP contribution < -0.4 is 10.2 Å². The molecule has 0 bridgehead atoms. The van der Waals surface area contributed by atoms with E-state index in [1.165, 1.54) is 22.6 Å². The van der Waals surface area contributed by atoms with Crippen molar-refractivity contribution < 1.29 is 4.79 Å². The number of nitrogens with zero attached hydrogens (tertiary/aromatic N) is 3. The topological polar surface area (TPSA) is 40.5 Å². The van der Waals surface area contributed by atoms with E-state index in [0.29, 0.717) is 4.88 Å². The zero-order valence-corrected chi connectivity index (χ0v) is 17.2. The van der Waals surface area contributed by atoms with Gasteiger partial charge in [-0.15, -0.1) is 11.3 Å². The van der Waals surface area contributed by atoms with Crippen LogP contribution in [0, 0.1) is 6.92 Å². The number of carbonyl (C=O) groups is 1. The molecule has 3 heterocycles. The van der Waals surface area contributed by atoms with Gasteiger partial charge in [-0.05, 0) is 60.8 Å². The number of anilines is 2. The summed E-state index contributed by atoms with van der Waals surface area (Å²) in [6, 6.07) is 12.1. The molecule has 0 atom stereocenters. The van der Waals surface area contributed by atoms with Crippen molar-refractivity contribution in [2.75, 3.05) is 42.9 Å². The quantitative estimate of drug-likeness (QED) is 0.704. The van der Waals surface area contributed by atoms with E-state index in [0.717, 1.165) is 44.1 Å². The molecular formula is C22H26N4OS. The third kappa shape index (κ3) is 3.84. The molecule has 1 aliphatic heterocycles. The second-order valence-electron chi connectivity index (χ2n) is 7.10. The van der Waals surface area contributed by atoms with Crippen LogP contribution >= 0.6 is 11.3 Å². The third-order valence-corrected chi connectivity index (χ3v) is 6.25. The second-order valence-corrected chi connectivity index (χ2v) is 8.02. The molecule has 28 heavy (non-hydrogen) atoms. The first-order chi connectivity index (χ1) is 13.7. The third-order valence-electron chi connectivity index (χ3n) is 5.35. The Kier molecular flexibility index (Phi) is 5.50. The van der Waals surface area contributed by atoms with Gasteiger partial charge in [-0.3, -0.25) is 4.79 Å². The number of aromatic nitrogens is 1. The normalized spacial score (nSPS) is 15.0. The molecule has 5 nitrogen and oxygen atoms in total. The minimum absolute atomic E-state index is 0.0672. The molecule has 0 saturated carbocycles. The van der Waals surface area contributed by atoms with Gasteiger partial charge in [0.05, 0.1) is 5.69 Å². The first-order valence-electron chi connectivity index (χ1n) is 9.76. The molecule has 1 amide bonds. The highest BCUT2D eigenvalue weighted by molar-refractivity contribution is 7.12. The average molecular weight is 395 g/mol. The summed E-state index contributed by atoms with van der Waals surface area (Å²) in [6.45, 7) is 9.77. The Balaban J connectivity index is 1.47. The molecule has 1 aromatic carbocycles. The summed E-state index contributed by atoms with van der Waals surface area (Å²) in [6.07, 6.45) is 3.91. The van der Waals surface area contributed by atoms with Crippen molar-refractivity contribution in [3.05, 3.63) is 64.6 Å². The number of thiophene rings is 1. The van der Waals surface area contributed by atoms with Crippen LogP contribution in [0.4, 0.5) is 11.4 Å². The van der Waals surface area contributed by atoms with E-state index in [-0.39, 0.29) is 5.91 Å². The molecule has 0 aliphatic carbocycles. The fourth-order valence-corrected chi connectivity index (χ4v) is 4.54. The van der Waals surface area contributed by atoms with E-state index >= 15 is 0 Å². The number of amides is 1. The lowest BCUT2D eigenvalue weighted by Crippen LogP contribution is -2.46. The largest absolute Gasteiger partial charge is 0.369 e. The number of hydrogen-bond donors (Lipinski definition) is 1. The lowest BCUT2D eigenvalue weighted by atomic mass is 10.1. The Morgan fingerprint density at radius 1 is 1.07 bits per heavy atom. The monoisotopic (exact) mass is 394 g/mol. The summed E-state index contributed by atoms with van der Waals surface area (Å²) in [5.74, 6) is -0.0672. The highest BCUT2D eigenvalue weighted by Gasteiger charge is 2.18. The molecule has 0 unspecified atom stereocenters. The van der Waals surface area contributed by atoms with Crippen LogP contribution in [0.15, 0.2) is 54.2 Å². The van der Waals surface area contributed by atoms with Gasteiger partial charge in [0, 0.05) is 49.9 Å². The van der Waals surface area contributed by atoms with Crippen molar-refractivity contribution in [2.45, 2.75) is 13.8 Å². The van der Waals surface area contributed by atoms with Gasteiger partial charge in [0.25, 0.3) is 5.91 Å². The number of benzene rings is 1. The zero-order chi connectivity index (χ0) is 19.5. The van der Waals surface area contributed by atoms with Crippen molar-refractivity contribution in [3.63, 3.8) is 0 Å². The molecule has 2 aromatic heterocycles. The Labute approximate surface area is 170 Å². The van der Waals surface area contributed by atoms with Gasteiger partial charge in [0.1, 0.15) is 4.88 Å². The van der Waals surface area contributed by atoms with Crippen LogP contribution in [0.1, 0.15) is 22.2 Å². The lowest BCUT2D eigenvalue weighted by Gasteiger charge is -2.36. The van der Waals surface area contributed by atoms with E-state index in [1.54, 1.807) is 0 Å². The molecule has 1 aliphatic rings. The number of hydrogen-bond acceptors (Lipinski definition) is 4. The maximum Gasteiger partial charge on any atom is 0.267 e. The van der Waals surface area contributed by atoms with Crippen LogP contribution in [0.5, 0.6) is 0 Å². The minimum Gasteiger partial charge on any atom is -0.369 e. The molecule has 4 rings (SSSR count). The second kappa shape index (κ2) is 8.20. The molecule has 3 aromatic rings. The SMILES string of the molecule is CCN1CCN(c2ccc(NC(=O)c3sccc3-n3cccc3)cc2C)CC1. The first kappa shape index (κ1) is 18.8. The first-order valence-corrected chi connectivity index (χ1v) is 10.6. The van der Waals surface area contributed by atoms with Gasteiger partial charge in [-0.1, -0.05) is 6.92 Å². The molecule has 0 spiro atoms. The lowest BCUT2D eigenvalue weighted by molar-refractivity contribution is 0.103. The van der Waals surface area contributed by atoms with Crippen LogP contribution in [0.25, 0.3) is 5.69 Å². The average Bonchev–Trinajstić information content (AvgIpc) is 3.40. The van der Waals surface area contributed by atoms with Crippen LogP contribution in [0.2, 0.25) is 0 Å². The summed E-state index contributed by atoms with van der Waals surface area (Å²) in [5, 5.41) is 5.02. The van der Waals surface area contributed by atoms with Crippen molar-refractivity contribution in [3.8, 4) is 5.69 Å². The molecule has 146 valence electrons. The van der Waals surface area contributed by atoms with E-state index < -0.39 is 0 Å². The van der Waals surface area contributed by atoms with Crippen LogP contribution in [-0.4, -0.2) is 48.1 Å². The molecule has 0 radical (unpaired) electrons. The van der Waals surface area contributed by atoms with Crippen LogP contribution in [-0.2, 0) is 0 Å². The molecule has 1 fully saturated rings. The fraction of sp³-hybridized carbons (Fsp3) is 0.318. The van der Waals surface area contributed by atoms with E-state index in [2.05, 4.69) is 41.1 Å². The Hall–Kier alpha value is -2.57. The molecule has 1 N–H and O–H groups in total. The number of piperazine rings is 1. The number of aryl methyl sites for hydroxylation is 1. The Bertz CT molecular complexity index is 939. The Morgan fingerprint density at radius 3 is 2.50 bits per heavy atom. The van der Waals surface area contributed by atoms with E-state index in [1.807, 2.05) is 46.6 Å². The molecule has 6 heteroatoms. The minimum atomic E-state index is -0.0672. The number of nitrogens with one attached hydrogen (secondary N) is 1. The number of carbonyl (C=O) groups excluding carboxylic acids is 1. The standard InChI is InChI=1S/C22H26N4OS/c1-3-24-11-13-26(14-12-24)19-7-6-18(16-17(19)2)23-22(27)21-20(8-15-28-21)25-9-4-5-10-25/h4-10,15-16H,3,11-14H2,1-2H3,(H,23,27). The predicted molar refractivity (Wildman–Crippen MR) is 117 cm³/mol. The maximum absolute atomic E-state index is 12.8. The smallest absolute Gasteiger partial charge is 0.267 e. The highest BCUT2D eigenvalue weighted by atomic mass is 32.1. The van der Waals surface area contributed by atoms with Gasteiger partial charge in [-0.25, -0.2) is 0 Å². The molecular weight excluding hydrogens is 368 g/mol. The summed E-state index contributed by atoms with van der Waals surface area (Å²) in [5.41, 5.74) is 4.21. The van der Waals surface area contributed by atoms with Crippen molar-refractivity contribution >= 4 is 28.6 Å². The van der Waals surface area contributed by atoms with Crippen molar-refractivity contribution in [2.24, 2.45) is 0 Å². The van der Waals surface area contributed by atoms with Gasteiger partial charge < -0.3 is 19.7 Å². The van der Waals surface area contributed by atoms with Crippen molar-refractivity contribution in [1.29, 1.82) is 0 Å². The number of rotatable bonds is 5. The fourth-order valence-electron chi connectivity index (χ4n) is 3.75. The summed E-state index contributed by atoms with van der Waals surface area (Å²) in [4.78, 5) is 18.5. The van der Waals surface area contributed by atoms with Gasteiger partial charge >= 0.3 is 0 Å². The Morgan fingerprint density at radius 2 is 1.82 bits per heavy atom. The summed E-state index contributed by atoms with van der Waals surface area (Å²) < 4.78 is 1.97. The summed E-state index contributed by atoms with van der Waals surface area (Å²) >= 11 is 1.46. The summed E-state index contributed by atoms with van der Waals surface area (Å²) in [7, 11) is 0. The number of likely N-dealkylation sites (N-methyl/N-ethyl adjacent to an activating group) is 1. The predicted octanol–water partition coefficient (Wildman–Crippen LogP) is 4.24. The molecule has 1 saturated heterocycles. The van der Waals surface area contributed by atoms with E-state index in [4.69, 9.17) is 0 Å². The van der Waals surface area contributed by atoms with E-state index in [9.17, 15) is 4.79 Å². The van der Waals surface area contributed by atoms with Crippen molar-refractivity contribution in [1.82, 2.24) is 9.47 Å². The maximum atomic E-state index is 12.8.